The molecule has 25 heavy (non-hydrogen) atoms. The van der Waals surface area contributed by atoms with E-state index in [-0.39, 0.29) is 30.1 Å². The standard InChI is InChI=1S/C17H19FN2O5/c1-17(2,3)25-16(24)11-8-10(4-5-12(11)18)19-13-9-14(22)20(6-7-21)15(13)23/h4-5,8-9,19,21H,6-7H2,1-3H3. The maximum atomic E-state index is 13.9. The number of esters is 1. The number of carbonyl (C=O) groups is 3. The quantitative estimate of drug-likeness (QED) is 0.616. The molecule has 2 N–H and O–H groups in total. The van der Waals surface area contributed by atoms with E-state index in [4.69, 9.17) is 9.84 Å². The van der Waals surface area contributed by atoms with E-state index in [2.05, 4.69) is 5.32 Å². The Labute approximate surface area is 144 Å². The minimum absolute atomic E-state index is 0.0276. The van der Waals surface area contributed by atoms with Crippen LogP contribution in [0.5, 0.6) is 0 Å². The van der Waals surface area contributed by atoms with E-state index >= 15 is 0 Å². The number of benzene rings is 1. The van der Waals surface area contributed by atoms with Crippen LogP contribution in [0.25, 0.3) is 0 Å². The molecule has 0 radical (unpaired) electrons. The summed E-state index contributed by atoms with van der Waals surface area (Å²) >= 11 is 0. The van der Waals surface area contributed by atoms with Crippen LogP contribution in [0.3, 0.4) is 0 Å². The van der Waals surface area contributed by atoms with Gasteiger partial charge in [0.25, 0.3) is 11.8 Å². The van der Waals surface area contributed by atoms with E-state index in [1.54, 1.807) is 20.8 Å². The first-order chi connectivity index (χ1) is 11.6. The largest absolute Gasteiger partial charge is 0.456 e. The van der Waals surface area contributed by atoms with Gasteiger partial charge in [0.15, 0.2) is 0 Å². The third-order valence-electron chi connectivity index (χ3n) is 3.20. The summed E-state index contributed by atoms with van der Waals surface area (Å²) in [6.45, 7) is 4.51. The van der Waals surface area contributed by atoms with Crippen LogP contribution in [0.2, 0.25) is 0 Å². The second kappa shape index (κ2) is 7.02. The summed E-state index contributed by atoms with van der Waals surface area (Å²) < 4.78 is 19.0. The molecule has 0 unspecified atom stereocenters. The molecule has 0 atom stereocenters. The highest BCUT2D eigenvalue weighted by Crippen LogP contribution is 2.22. The summed E-state index contributed by atoms with van der Waals surface area (Å²) in [7, 11) is 0. The fraction of sp³-hybridized carbons (Fsp3) is 0.353. The highest BCUT2D eigenvalue weighted by atomic mass is 19.1. The van der Waals surface area contributed by atoms with Crippen molar-refractivity contribution in [3.8, 4) is 0 Å². The van der Waals surface area contributed by atoms with Gasteiger partial charge in [0, 0.05) is 11.8 Å². The third-order valence-corrected chi connectivity index (χ3v) is 3.20. The number of nitrogens with zero attached hydrogens (tertiary/aromatic N) is 1. The number of nitrogens with one attached hydrogen (secondary N) is 1. The van der Waals surface area contributed by atoms with Crippen molar-refractivity contribution in [3.05, 3.63) is 41.4 Å². The fourth-order valence-electron chi connectivity index (χ4n) is 2.16. The normalized spacial score (nSPS) is 14.6. The number of hydrogen-bond acceptors (Lipinski definition) is 6. The lowest BCUT2D eigenvalue weighted by Crippen LogP contribution is -2.34. The van der Waals surface area contributed by atoms with Crippen LogP contribution in [0.15, 0.2) is 30.0 Å². The van der Waals surface area contributed by atoms with Crippen molar-refractivity contribution in [3.63, 3.8) is 0 Å². The summed E-state index contributed by atoms with van der Waals surface area (Å²) in [5.41, 5.74) is -0.848. The van der Waals surface area contributed by atoms with Gasteiger partial charge in [0.2, 0.25) is 0 Å². The minimum Gasteiger partial charge on any atom is -0.456 e. The Morgan fingerprint density at radius 1 is 1.32 bits per heavy atom. The molecular weight excluding hydrogens is 331 g/mol. The Balaban J connectivity index is 2.21. The number of rotatable bonds is 5. The van der Waals surface area contributed by atoms with Crippen molar-refractivity contribution in [2.75, 3.05) is 18.5 Å². The van der Waals surface area contributed by atoms with Gasteiger partial charge in [-0.15, -0.1) is 0 Å². The molecule has 7 nitrogen and oxygen atoms in total. The molecule has 2 amide bonds. The van der Waals surface area contributed by atoms with E-state index in [1.165, 1.54) is 12.1 Å². The molecular formula is C17H19FN2O5. The number of hydrogen-bond donors (Lipinski definition) is 2. The van der Waals surface area contributed by atoms with Crippen LogP contribution in [-0.4, -0.2) is 46.5 Å². The molecule has 0 bridgehead atoms. The molecule has 0 saturated heterocycles. The zero-order chi connectivity index (χ0) is 18.8. The van der Waals surface area contributed by atoms with Crippen molar-refractivity contribution in [2.45, 2.75) is 26.4 Å². The molecule has 0 fully saturated rings. The summed E-state index contributed by atoms with van der Waals surface area (Å²) in [5.74, 6) is -2.76. The van der Waals surface area contributed by atoms with E-state index in [9.17, 15) is 18.8 Å². The number of aliphatic hydroxyl groups is 1. The summed E-state index contributed by atoms with van der Waals surface area (Å²) in [6.07, 6.45) is 1.08. The Hall–Kier alpha value is -2.74. The lowest BCUT2D eigenvalue weighted by molar-refractivity contribution is -0.137. The number of anilines is 1. The molecule has 1 aliphatic rings. The van der Waals surface area contributed by atoms with Crippen molar-refractivity contribution in [1.29, 1.82) is 0 Å². The number of amides is 2. The summed E-state index contributed by atoms with van der Waals surface area (Å²) in [6, 6.07) is 3.60. The van der Waals surface area contributed by atoms with Crippen molar-refractivity contribution in [1.82, 2.24) is 4.90 Å². The maximum Gasteiger partial charge on any atom is 0.341 e. The topological polar surface area (TPSA) is 95.9 Å². The van der Waals surface area contributed by atoms with E-state index < -0.39 is 29.2 Å². The Morgan fingerprint density at radius 2 is 2.00 bits per heavy atom. The lowest BCUT2D eigenvalue weighted by Gasteiger charge is -2.20. The number of aliphatic hydroxyl groups excluding tert-OH is 1. The number of halogens is 1. The second-order valence-corrected chi connectivity index (χ2v) is 6.40. The predicted octanol–water partition coefficient (Wildman–Crippen LogP) is 1.44. The van der Waals surface area contributed by atoms with Gasteiger partial charge in [-0.05, 0) is 39.0 Å². The van der Waals surface area contributed by atoms with Crippen LogP contribution in [0.4, 0.5) is 10.1 Å². The van der Waals surface area contributed by atoms with Crippen LogP contribution < -0.4 is 5.32 Å². The van der Waals surface area contributed by atoms with Gasteiger partial charge in [-0.2, -0.15) is 0 Å². The SMILES string of the molecule is CC(C)(C)OC(=O)c1cc(NC2=CC(=O)N(CCO)C2=O)ccc1F. The lowest BCUT2D eigenvalue weighted by atomic mass is 10.1. The Bertz CT molecular complexity index is 752. The average Bonchev–Trinajstić information content (AvgIpc) is 2.75. The number of ether oxygens (including phenoxy) is 1. The van der Waals surface area contributed by atoms with Gasteiger partial charge in [0.1, 0.15) is 17.1 Å². The van der Waals surface area contributed by atoms with Gasteiger partial charge < -0.3 is 15.2 Å². The van der Waals surface area contributed by atoms with Crippen molar-refractivity contribution in [2.24, 2.45) is 0 Å². The Morgan fingerprint density at radius 3 is 2.60 bits per heavy atom. The predicted molar refractivity (Wildman–Crippen MR) is 87.1 cm³/mol. The maximum absolute atomic E-state index is 13.9. The summed E-state index contributed by atoms with van der Waals surface area (Å²) in [4.78, 5) is 36.7. The zero-order valence-corrected chi connectivity index (χ0v) is 14.1. The number of carbonyl (C=O) groups excluding carboxylic acids is 3. The molecule has 0 spiro atoms. The van der Waals surface area contributed by atoms with Crippen LogP contribution >= 0.6 is 0 Å². The second-order valence-electron chi connectivity index (χ2n) is 6.40. The molecule has 2 rings (SSSR count). The van der Waals surface area contributed by atoms with E-state index in [0.29, 0.717) is 0 Å². The molecule has 1 aromatic rings. The molecule has 134 valence electrons. The van der Waals surface area contributed by atoms with Crippen molar-refractivity contribution < 1.29 is 28.6 Å². The molecule has 1 aliphatic heterocycles. The highest BCUT2D eigenvalue weighted by molar-refractivity contribution is 6.17. The third kappa shape index (κ3) is 4.42. The minimum atomic E-state index is -0.835. The van der Waals surface area contributed by atoms with Gasteiger partial charge >= 0.3 is 5.97 Å². The monoisotopic (exact) mass is 350 g/mol. The highest BCUT2D eigenvalue weighted by Gasteiger charge is 2.31. The van der Waals surface area contributed by atoms with Gasteiger partial charge in [-0.25, -0.2) is 9.18 Å². The molecule has 8 heteroatoms. The molecule has 0 saturated carbocycles. The zero-order valence-electron chi connectivity index (χ0n) is 14.1. The first-order valence-electron chi connectivity index (χ1n) is 7.60. The molecule has 1 aromatic carbocycles. The van der Waals surface area contributed by atoms with Crippen LogP contribution in [0.1, 0.15) is 31.1 Å². The number of imide groups is 1. The molecule has 0 aromatic heterocycles. The van der Waals surface area contributed by atoms with Gasteiger partial charge in [-0.1, -0.05) is 0 Å². The van der Waals surface area contributed by atoms with Gasteiger partial charge in [-0.3, -0.25) is 14.5 Å². The molecule has 1 heterocycles. The smallest absolute Gasteiger partial charge is 0.341 e. The van der Waals surface area contributed by atoms with E-state index in [0.717, 1.165) is 17.0 Å². The van der Waals surface area contributed by atoms with Gasteiger partial charge in [0.05, 0.1) is 18.7 Å². The van der Waals surface area contributed by atoms with E-state index in [1.807, 2.05) is 0 Å². The van der Waals surface area contributed by atoms with Crippen LogP contribution in [-0.2, 0) is 14.3 Å². The number of β-amino-alcohol motifs (C(OH)–C–C–N with tert-alkyl or cyclic N) is 1. The summed E-state index contributed by atoms with van der Waals surface area (Å²) in [5, 5.41) is 11.6. The molecule has 0 aliphatic carbocycles. The first-order valence-corrected chi connectivity index (χ1v) is 7.60. The average molecular weight is 350 g/mol. The van der Waals surface area contributed by atoms with Crippen molar-refractivity contribution >= 4 is 23.5 Å². The van der Waals surface area contributed by atoms with Crippen LogP contribution in [0, 0.1) is 5.82 Å². The Kier molecular flexibility index (Phi) is 5.22. The first kappa shape index (κ1) is 18.6. The fourth-order valence-corrected chi connectivity index (χ4v) is 2.16.